The van der Waals surface area contributed by atoms with Crippen molar-refractivity contribution in [1.82, 2.24) is 34.8 Å². The molecule has 5 rings (SSSR count). The second-order valence-electron chi connectivity index (χ2n) is 9.82. The fourth-order valence-electron chi connectivity index (χ4n) is 4.49. The smallest absolute Gasteiger partial charge is 0.407 e. The third-order valence-electron chi connectivity index (χ3n) is 6.31. The van der Waals surface area contributed by atoms with Gasteiger partial charge in [-0.15, -0.1) is 5.10 Å². The molecule has 1 atom stereocenters. The van der Waals surface area contributed by atoms with Crippen molar-refractivity contribution in [3.05, 3.63) is 48.3 Å². The van der Waals surface area contributed by atoms with Crippen LogP contribution >= 0.6 is 0 Å². The summed E-state index contributed by atoms with van der Waals surface area (Å²) in [6, 6.07) is 10.1. The lowest BCUT2D eigenvalue weighted by molar-refractivity contribution is 0.0908. The van der Waals surface area contributed by atoms with E-state index in [2.05, 4.69) is 31.2 Å². The first-order valence-electron chi connectivity index (χ1n) is 11.4. The minimum atomic E-state index is -0.883. The summed E-state index contributed by atoms with van der Waals surface area (Å²) in [5.74, 6) is 1.00. The molecule has 0 spiro atoms. The highest BCUT2D eigenvalue weighted by atomic mass is 16.4. The Hall–Kier alpha value is -3.82. The molecule has 4 aromatic rings. The molecule has 0 radical (unpaired) electrons. The van der Waals surface area contributed by atoms with Gasteiger partial charge in [-0.1, -0.05) is 17.3 Å². The SMILES string of the molecule is CC(C)(C)N(C[C@@H]1CCN(c2cnc3nnn(Cc4ccc5ncccc5c4)c3n2)C1)C(=O)O. The molecule has 1 saturated heterocycles. The minimum Gasteiger partial charge on any atom is -0.465 e. The summed E-state index contributed by atoms with van der Waals surface area (Å²) >= 11 is 0. The molecule has 0 unspecified atom stereocenters. The van der Waals surface area contributed by atoms with Gasteiger partial charge in [0.1, 0.15) is 5.82 Å². The standard InChI is InChI=1S/C24H28N8O2/c1-24(2,3)31(23(33)34)14-17-8-10-30(13-17)20-12-26-21-22(27-20)32(29-28-21)15-16-6-7-19-18(11-16)5-4-9-25-19/h4-7,9,11-12,17H,8,10,13-15H2,1-3H3,(H,33,34)/t17-/m1/s1. The number of carboxylic acid groups (broad SMARTS) is 1. The van der Waals surface area contributed by atoms with Crippen LogP contribution in [0.25, 0.3) is 22.2 Å². The molecule has 1 fully saturated rings. The Balaban J connectivity index is 1.34. The van der Waals surface area contributed by atoms with Crippen LogP contribution < -0.4 is 4.90 Å². The molecule has 1 aromatic carbocycles. The number of amides is 1. The Morgan fingerprint density at radius 2 is 2.09 bits per heavy atom. The monoisotopic (exact) mass is 460 g/mol. The molecule has 1 amide bonds. The van der Waals surface area contributed by atoms with Gasteiger partial charge in [0.05, 0.1) is 18.3 Å². The van der Waals surface area contributed by atoms with Crippen LogP contribution in [0.1, 0.15) is 32.8 Å². The van der Waals surface area contributed by atoms with Crippen molar-refractivity contribution in [3.63, 3.8) is 0 Å². The van der Waals surface area contributed by atoms with Gasteiger partial charge < -0.3 is 14.9 Å². The van der Waals surface area contributed by atoms with Gasteiger partial charge in [0.2, 0.25) is 5.65 Å². The number of hydrogen-bond acceptors (Lipinski definition) is 7. The summed E-state index contributed by atoms with van der Waals surface area (Å²) in [4.78, 5) is 29.1. The average Bonchev–Trinajstić information content (AvgIpc) is 3.43. The number of nitrogens with zero attached hydrogens (tertiary/aromatic N) is 8. The van der Waals surface area contributed by atoms with Gasteiger partial charge >= 0.3 is 6.09 Å². The summed E-state index contributed by atoms with van der Waals surface area (Å²) in [6.45, 7) is 8.35. The van der Waals surface area contributed by atoms with Crippen molar-refractivity contribution in [2.24, 2.45) is 5.92 Å². The Morgan fingerprint density at radius 1 is 1.24 bits per heavy atom. The first-order valence-corrected chi connectivity index (χ1v) is 11.4. The number of fused-ring (bicyclic) bond motifs is 2. The van der Waals surface area contributed by atoms with E-state index < -0.39 is 11.6 Å². The summed E-state index contributed by atoms with van der Waals surface area (Å²) in [5.41, 5.74) is 2.74. The first kappa shape index (κ1) is 22.0. The summed E-state index contributed by atoms with van der Waals surface area (Å²) in [7, 11) is 0. The Kier molecular flexibility index (Phi) is 5.51. The van der Waals surface area contributed by atoms with Gasteiger partial charge in [0.15, 0.2) is 5.65 Å². The molecule has 1 N–H and O–H groups in total. The number of pyridine rings is 1. The third kappa shape index (κ3) is 4.35. The van der Waals surface area contributed by atoms with Crippen molar-refractivity contribution in [2.75, 3.05) is 24.5 Å². The maximum atomic E-state index is 11.7. The number of hydrogen-bond donors (Lipinski definition) is 1. The summed E-state index contributed by atoms with van der Waals surface area (Å²) < 4.78 is 1.77. The fraction of sp³-hybridized carbons (Fsp3) is 0.417. The topological polar surface area (TPSA) is 113 Å². The molecule has 176 valence electrons. The molecular weight excluding hydrogens is 432 g/mol. The van der Waals surface area contributed by atoms with Crippen molar-refractivity contribution in [1.29, 1.82) is 0 Å². The number of benzene rings is 1. The predicted octanol–water partition coefficient (Wildman–Crippen LogP) is 3.42. The predicted molar refractivity (Wildman–Crippen MR) is 129 cm³/mol. The third-order valence-corrected chi connectivity index (χ3v) is 6.31. The largest absolute Gasteiger partial charge is 0.465 e. The van der Waals surface area contributed by atoms with Crippen molar-refractivity contribution >= 4 is 34.1 Å². The molecule has 0 saturated carbocycles. The molecule has 10 nitrogen and oxygen atoms in total. The molecule has 0 aliphatic carbocycles. The molecular formula is C24H28N8O2. The lowest BCUT2D eigenvalue weighted by atomic mass is 10.0. The van der Waals surface area contributed by atoms with Gasteiger partial charge in [-0.3, -0.25) is 4.98 Å². The van der Waals surface area contributed by atoms with E-state index in [1.165, 1.54) is 4.90 Å². The van der Waals surface area contributed by atoms with Gasteiger partial charge in [0.25, 0.3) is 0 Å². The van der Waals surface area contributed by atoms with Gasteiger partial charge in [-0.05, 0) is 56.9 Å². The van der Waals surface area contributed by atoms with Crippen molar-refractivity contribution < 1.29 is 9.90 Å². The van der Waals surface area contributed by atoms with E-state index in [0.717, 1.165) is 41.8 Å². The van der Waals surface area contributed by atoms with E-state index in [1.807, 2.05) is 45.0 Å². The van der Waals surface area contributed by atoms with Crippen LogP contribution in [-0.2, 0) is 6.54 Å². The highest BCUT2D eigenvalue weighted by molar-refractivity contribution is 5.79. The van der Waals surface area contributed by atoms with Crippen LogP contribution in [0.4, 0.5) is 10.6 Å². The number of carbonyl (C=O) groups is 1. The van der Waals surface area contributed by atoms with Crippen molar-refractivity contribution in [2.45, 2.75) is 39.3 Å². The maximum Gasteiger partial charge on any atom is 0.407 e. The average molecular weight is 461 g/mol. The highest BCUT2D eigenvalue weighted by Gasteiger charge is 2.32. The molecule has 3 aromatic heterocycles. The van der Waals surface area contributed by atoms with Crippen LogP contribution in [0.15, 0.2) is 42.7 Å². The Labute approximate surface area is 197 Å². The number of rotatable bonds is 5. The van der Waals surface area contributed by atoms with Crippen LogP contribution in [0.3, 0.4) is 0 Å². The second kappa shape index (κ2) is 8.51. The quantitative estimate of drug-likeness (QED) is 0.482. The van der Waals surface area contributed by atoms with E-state index in [0.29, 0.717) is 24.4 Å². The summed E-state index contributed by atoms with van der Waals surface area (Å²) in [5, 5.41) is 19.2. The number of aromatic nitrogens is 6. The molecule has 34 heavy (non-hydrogen) atoms. The zero-order valence-electron chi connectivity index (χ0n) is 19.6. The normalized spacial score (nSPS) is 16.4. The molecule has 10 heteroatoms. The maximum absolute atomic E-state index is 11.7. The summed E-state index contributed by atoms with van der Waals surface area (Å²) in [6.07, 6.45) is 3.54. The van der Waals surface area contributed by atoms with Crippen LogP contribution in [0, 0.1) is 5.92 Å². The van der Waals surface area contributed by atoms with E-state index in [-0.39, 0.29) is 5.92 Å². The van der Waals surface area contributed by atoms with E-state index >= 15 is 0 Å². The van der Waals surface area contributed by atoms with Gasteiger partial charge in [-0.25, -0.2) is 19.4 Å². The number of anilines is 1. The second-order valence-corrected chi connectivity index (χ2v) is 9.82. The zero-order valence-corrected chi connectivity index (χ0v) is 19.6. The van der Waals surface area contributed by atoms with Crippen LogP contribution in [-0.4, -0.2) is 71.2 Å². The lowest BCUT2D eigenvalue weighted by Gasteiger charge is -2.35. The molecule has 0 bridgehead atoms. The zero-order chi connectivity index (χ0) is 23.9. The Bertz CT molecular complexity index is 1350. The van der Waals surface area contributed by atoms with Crippen LogP contribution in [0.5, 0.6) is 0 Å². The van der Waals surface area contributed by atoms with E-state index in [1.54, 1.807) is 17.1 Å². The molecule has 1 aliphatic heterocycles. The minimum absolute atomic E-state index is 0.238. The van der Waals surface area contributed by atoms with Crippen molar-refractivity contribution in [3.8, 4) is 0 Å². The molecule has 4 heterocycles. The lowest BCUT2D eigenvalue weighted by Crippen LogP contribution is -2.47. The first-order chi connectivity index (χ1) is 16.3. The van der Waals surface area contributed by atoms with Gasteiger partial charge in [0, 0.05) is 36.8 Å². The Morgan fingerprint density at radius 3 is 2.88 bits per heavy atom. The van der Waals surface area contributed by atoms with Gasteiger partial charge in [-0.2, -0.15) is 0 Å². The highest BCUT2D eigenvalue weighted by Crippen LogP contribution is 2.26. The molecule has 1 aliphatic rings. The van der Waals surface area contributed by atoms with E-state index in [4.69, 9.17) is 4.98 Å². The van der Waals surface area contributed by atoms with E-state index in [9.17, 15) is 9.90 Å². The van der Waals surface area contributed by atoms with Crippen LogP contribution in [0.2, 0.25) is 0 Å². The fourth-order valence-corrected chi connectivity index (χ4v) is 4.49.